The zero-order valence-electron chi connectivity index (χ0n) is 63.9. The molecule has 526 valence electrons. The lowest BCUT2D eigenvalue weighted by molar-refractivity contribution is 0.0872. The van der Waals surface area contributed by atoms with Crippen molar-refractivity contribution in [2.75, 3.05) is 19.6 Å². The fourth-order valence-corrected chi connectivity index (χ4v) is 16.1. The molecular formula is C90H90N4O8Si2. The molecule has 0 aliphatic carbocycles. The standard InChI is InChI=1S/C90H90N4O8Si2/c1-47(2)59-31-25-32-60(48(3)4)79(59)91-85(97)69-45-57(39-41-103(17,18)19)73-77-67(83(95)93(89(73)101)81-63(51(9)10)35-27-36-64(81)52(11)12)43-55(71(75(69)77)87(91)99)29-23-24-30-56-44-68-78-74(90(102)94(84(68)96)82-65(53(13)14)37-28-38-66(82)54(15)16)58(40-42-104(20,21)22)46-70-76(78)72(56)88(100)92(86(70)98)80-61(49(5)6)33-26-34-62(80)50(7)8/h25-28,31-38,43-54H,1-22H3. The van der Waals surface area contributed by atoms with Crippen molar-refractivity contribution in [3.63, 3.8) is 0 Å². The number of amides is 8. The Hall–Kier alpha value is -10.5. The van der Waals surface area contributed by atoms with Crippen molar-refractivity contribution in [2.45, 2.75) is 197 Å². The number of para-hydroxylation sites is 4. The Labute approximate surface area is 614 Å². The minimum atomic E-state index is -2.23. The molecule has 4 heterocycles. The molecule has 4 aliphatic rings. The van der Waals surface area contributed by atoms with Gasteiger partial charge in [0.1, 0.15) is 16.1 Å². The molecule has 0 saturated carbocycles. The summed E-state index contributed by atoms with van der Waals surface area (Å²) in [5.41, 5.74) is 15.5. The van der Waals surface area contributed by atoms with E-state index in [1.807, 2.05) is 184 Å². The average molecular weight is 1410 g/mol. The number of hydrogen-bond donors (Lipinski definition) is 0. The van der Waals surface area contributed by atoms with E-state index in [-0.39, 0.29) is 136 Å². The number of nitrogens with zero attached hydrogens (tertiary/aromatic N) is 4. The monoisotopic (exact) mass is 1410 g/mol. The van der Waals surface area contributed by atoms with E-state index < -0.39 is 63.4 Å². The third-order valence-corrected chi connectivity index (χ3v) is 21.8. The Bertz CT molecular complexity index is 5040. The summed E-state index contributed by atoms with van der Waals surface area (Å²) in [6.07, 6.45) is 0. The van der Waals surface area contributed by atoms with Crippen molar-refractivity contribution in [2.24, 2.45) is 0 Å². The molecule has 12 rings (SSSR count). The van der Waals surface area contributed by atoms with E-state index >= 15 is 38.4 Å². The van der Waals surface area contributed by atoms with Gasteiger partial charge in [-0.1, -0.05) is 247 Å². The van der Waals surface area contributed by atoms with E-state index in [1.54, 1.807) is 12.1 Å². The van der Waals surface area contributed by atoms with E-state index in [1.165, 1.54) is 31.7 Å². The fraction of sp³-hybridized carbons (Fsp3) is 0.333. The zero-order valence-corrected chi connectivity index (χ0v) is 65.9. The normalized spacial score (nSPS) is 14.3. The number of imide groups is 4. The Kier molecular flexibility index (Phi) is 19.0. The number of rotatable bonds is 12. The van der Waals surface area contributed by atoms with Gasteiger partial charge in [0.15, 0.2) is 0 Å². The van der Waals surface area contributed by atoms with Gasteiger partial charge in [-0.25, -0.2) is 19.6 Å². The lowest BCUT2D eigenvalue weighted by Gasteiger charge is -2.36. The van der Waals surface area contributed by atoms with Crippen molar-refractivity contribution in [1.82, 2.24) is 0 Å². The van der Waals surface area contributed by atoms with Crippen molar-refractivity contribution in [3.8, 4) is 46.6 Å². The maximum Gasteiger partial charge on any atom is 0.267 e. The first-order valence-electron chi connectivity index (χ1n) is 36.4. The predicted octanol–water partition coefficient (Wildman–Crippen LogP) is 20.0. The van der Waals surface area contributed by atoms with E-state index in [2.05, 4.69) is 85.9 Å². The molecule has 104 heavy (non-hydrogen) atoms. The first-order valence-corrected chi connectivity index (χ1v) is 43.4. The predicted molar refractivity (Wildman–Crippen MR) is 425 cm³/mol. The van der Waals surface area contributed by atoms with Gasteiger partial charge in [-0.15, -0.1) is 11.1 Å². The molecule has 0 atom stereocenters. The summed E-state index contributed by atoms with van der Waals surface area (Å²) in [6.45, 7) is 44.6. The van der Waals surface area contributed by atoms with E-state index in [0.29, 0.717) is 22.7 Å². The van der Waals surface area contributed by atoms with Crippen molar-refractivity contribution in [1.29, 1.82) is 0 Å². The molecule has 0 bridgehead atoms. The van der Waals surface area contributed by atoms with Crippen LogP contribution in [0.3, 0.4) is 0 Å². The summed E-state index contributed by atoms with van der Waals surface area (Å²) >= 11 is 0. The van der Waals surface area contributed by atoms with E-state index in [9.17, 15) is 0 Å². The topological polar surface area (TPSA) is 150 Å². The van der Waals surface area contributed by atoms with Crippen LogP contribution in [0.2, 0.25) is 39.3 Å². The summed E-state index contributed by atoms with van der Waals surface area (Å²) in [5, 5.41) is 0.410. The van der Waals surface area contributed by atoms with Gasteiger partial charge in [-0.3, -0.25) is 38.4 Å². The van der Waals surface area contributed by atoms with Gasteiger partial charge >= 0.3 is 0 Å². The van der Waals surface area contributed by atoms with Crippen molar-refractivity contribution >= 4 is 108 Å². The second-order valence-electron chi connectivity index (χ2n) is 32.5. The SMILES string of the molecule is CC(C)c1cccc(C(C)C)c1N1C(=O)c2cc(C#C[Si](C)(C)C)c3c4c(cc(C#CC#Cc5cc6c7c(c(C#C[Si](C)(C)C)cc8c7c5C(=O)N(c5c(C(C)C)cccc5C(C)C)C8=O)C(=O)N(c5c(C(C)C)cccc5C(C)C)C6=O)c(c24)C1=O)C(=O)N(c1c(C(C)C)cccc1C(C)C)C3=O. The maximum atomic E-state index is 16.4. The Balaban J connectivity index is 1.20. The molecule has 8 aromatic rings. The fourth-order valence-electron chi connectivity index (χ4n) is 15.1. The molecule has 14 heteroatoms. The maximum absolute atomic E-state index is 16.4. The van der Waals surface area contributed by atoms with Crippen molar-refractivity contribution in [3.05, 3.63) is 208 Å². The molecular weight excluding hydrogens is 1320 g/mol. The van der Waals surface area contributed by atoms with Gasteiger partial charge in [-0.2, -0.15) is 0 Å². The largest absolute Gasteiger partial charge is 0.268 e. The van der Waals surface area contributed by atoms with Gasteiger partial charge in [0.25, 0.3) is 47.3 Å². The first kappa shape index (κ1) is 73.3. The highest BCUT2D eigenvalue weighted by Gasteiger charge is 2.48. The third-order valence-electron chi connectivity index (χ3n) is 20.1. The molecule has 0 radical (unpaired) electrons. The Morgan fingerprint density at radius 2 is 0.433 bits per heavy atom. The smallest absolute Gasteiger partial charge is 0.267 e. The minimum absolute atomic E-state index is 0.0200. The van der Waals surface area contributed by atoms with Gasteiger partial charge in [0, 0.05) is 43.8 Å². The molecule has 8 aromatic carbocycles. The molecule has 0 aromatic heterocycles. The van der Waals surface area contributed by atoms with Gasteiger partial charge in [-0.05, 0) is 128 Å². The Morgan fingerprint density at radius 3 is 0.596 bits per heavy atom. The lowest BCUT2D eigenvalue weighted by Crippen LogP contribution is -2.45. The summed E-state index contributed by atoms with van der Waals surface area (Å²) in [6, 6.07) is 29.3. The van der Waals surface area contributed by atoms with E-state index in [4.69, 9.17) is 0 Å². The number of hydrogen-bond acceptors (Lipinski definition) is 8. The van der Waals surface area contributed by atoms with Gasteiger partial charge in [0.05, 0.1) is 67.3 Å². The molecule has 0 fully saturated rings. The van der Waals surface area contributed by atoms with Crippen molar-refractivity contribution < 1.29 is 38.4 Å². The lowest BCUT2D eigenvalue weighted by atomic mass is 9.80. The highest BCUT2D eigenvalue weighted by atomic mass is 28.3. The molecule has 0 unspecified atom stereocenters. The third kappa shape index (κ3) is 12.1. The van der Waals surface area contributed by atoms with Crippen LogP contribution in [0.15, 0.2) is 97.1 Å². The molecule has 0 N–H and O–H groups in total. The summed E-state index contributed by atoms with van der Waals surface area (Å²) in [4.78, 5) is 134. The van der Waals surface area contributed by atoms with Crippen LogP contribution in [0.25, 0.3) is 21.5 Å². The number of benzene rings is 8. The number of carbonyl (C=O) groups excluding carboxylic acids is 8. The minimum Gasteiger partial charge on any atom is -0.268 e. The van der Waals surface area contributed by atoms with E-state index in [0.717, 1.165) is 44.5 Å². The summed E-state index contributed by atoms with van der Waals surface area (Å²) < 4.78 is 0. The average Bonchev–Trinajstić information content (AvgIpc) is 0.696. The van der Waals surface area contributed by atoms with Crippen LogP contribution < -0.4 is 19.6 Å². The molecule has 12 nitrogen and oxygen atoms in total. The Morgan fingerprint density at radius 1 is 0.260 bits per heavy atom. The van der Waals surface area contributed by atoms with Crippen LogP contribution in [0.5, 0.6) is 0 Å². The second kappa shape index (κ2) is 27.0. The highest BCUT2D eigenvalue weighted by molar-refractivity contribution is 6.84. The van der Waals surface area contributed by atoms with Crippen LogP contribution in [-0.4, -0.2) is 63.4 Å². The quantitative estimate of drug-likeness (QED) is 0.0667. The van der Waals surface area contributed by atoms with Crippen LogP contribution in [0.1, 0.15) is 308 Å². The summed E-state index contributed by atoms with van der Waals surface area (Å²) in [5.74, 6) is 12.6. The van der Waals surface area contributed by atoms with Crippen LogP contribution >= 0.6 is 0 Å². The molecule has 4 aliphatic heterocycles. The first-order chi connectivity index (χ1) is 48.9. The molecule has 0 saturated heterocycles. The molecule has 0 spiro atoms. The molecule has 8 amide bonds. The highest BCUT2D eigenvalue weighted by Crippen LogP contribution is 2.51. The van der Waals surface area contributed by atoms with Crippen LogP contribution in [0.4, 0.5) is 22.7 Å². The van der Waals surface area contributed by atoms with Gasteiger partial charge < -0.3 is 0 Å². The van der Waals surface area contributed by atoms with Gasteiger partial charge in [0.2, 0.25) is 0 Å². The number of carbonyl (C=O) groups is 8. The summed E-state index contributed by atoms with van der Waals surface area (Å²) in [7, 11) is -4.46. The van der Waals surface area contributed by atoms with Crippen LogP contribution in [-0.2, 0) is 0 Å². The zero-order chi connectivity index (χ0) is 75.7. The second-order valence-corrected chi connectivity index (χ2v) is 42.0. The number of anilines is 4. The van der Waals surface area contributed by atoms with Crippen LogP contribution in [0, 0.1) is 46.6 Å².